The molecule has 1 aromatic heterocycles. The first-order valence-electron chi connectivity index (χ1n) is 6.45. The number of hydrogen-bond donors (Lipinski definition) is 2. The maximum absolute atomic E-state index is 9.52. The Morgan fingerprint density at radius 3 is 2.35 bits per heavy atom. The highest BCUT2D eigenvalue weighted by molar-refractivity contribution is 7.26. The number of rotatable bonds is 1. The van der Waals surface area contributed by atoms with Crippen molar-refractivity contribution in [2.45, 2.75) is 0 Å². The van der Waals surface area contributed by atoms with Crippen LogP contribution < -0.4 is 5.46 Å². The van der Waals surface area contributed by atoms with Gasteiger partial charge in [-0.15, -0.1) is 11.3 Å². The van der Waals surface area contributed by atoms with Crippen molar-refractivity contribution in [3.8, 4) is 0 Å². The van der Waals surface area contributed by atoms with E-state index in [9.17, 15) is 10.0 Å². The zero-order valence-electron chi connectivity index (χ0n) is 10.6. The predicted octanol–water partition coefficient (Wildman–Crippen LogP) is 2.89. The van der Waals surface area contributed by atoms with Crippen molar-refractivity contribution >= 4 is 54.9 Å². The summed E-state index contributed by atoms with van der Waals surface area (Å²) in [7, 11) is -1.44. The molecule has 0 amide bonds. The second-order valence-electron chi connectivity index (χ2n) is 4.85. The highest BCUT2D eigenvalue weighted by atomic mass is 32.1. The van der Waals surface area contributed by atoms with Crippen LogP contribution in [0.2, 0.25) is 0 Å². The Kier molecular flexibility index (Phi) is 2.57. The lowest BCUT2D eigenvalue weighted by atomic mass is 9.77. The van der Waals surface area contributed by atoms with Crippen LogP contribution in [0.25, 0.3) is 30.9 Å². The van der Waals surface area contributed by atoms with Crippen LogP contribution in [0.15, 0.2) is 54.6 Å². The Hall–Kier alpha value is -1.88. The summed E-state index contributed by atoms with van der Waals surface area (Å²) in [5, 5.41) is 23.4. The Labute approximate surface area is 120 Å². The van der Waals surface area contributed by atoms with Crippen molar-refractivity contribution in [2.24, 2.45) is 0 Å². The molecule has 0 saturated carbocycles. The Balaban J connectivity index is 2.26. The number of benzene rings is 3. The van der Waals surface area contributed by atoms with Crippen molar-refractivity contribution in [1.29, 1.82) is 0 Å². The van der Waals surface area contributed by atoms with E-state index >= 15 is 0 Å². The van der Waals surface area contributed by atoms with Gasteiger partial charge in [-0.3, -0.25) is 0 Å². The molecule has 0 aliphatic heterocycles. The first-order valence-corrected chi connectivity index (χ1v) is 7.26. The van der Waals surface area contributed by atoms with Crippen LogP contribution in [0.4, 0.5) is 0 Å². The fourth-order valence-corrected chi connectivity index (χ4v) is 3.95. The van der Waals surface area contributed by atoms with Crippen LogP contribution in [-0.4, -0.2) is 17.2 Å². The predicted molar refractivity (Wildman–Crippen MR) is 86.7 cm³/mol. The van der Waals surface area contributed by atoms with E-state index in [-0.39, 0.29) is 0 Å². The maximum atomic E-state index is 9.52. The van der Waals surface area contributed by atoms with Gasteiger partial charge in [-0.25, -0.2) is 0 Å². The monoisotopic (exact) mass is 278 g/mol. The van der Waals surface area contributed by atoms with E-state index in [1.54, 1.807) is 17.4 Å². The largest absolute Gasteiger partial charge is 0.489 e. The molecule has 2 nitrogen and oxygen atoms in total. The number of thiophene rings is 1. The zero-order valence-corrected chi connectivity index (χ0v) is 11.4. The van der Waals surface area contributed by atoms with Crippen LogP contribution in [-0.2, 0) is 0 Å². The summed E-state index contributed by atoms with van der Waals surface area (Å²) >= 11 is 1.77. The van der Waals surface area contributed by atoms with Crippen molar-refractivity contribution in [3.05, 3.63) is 54.6 Å². The lowest BCUT2D eigenvalue weighted by Crippen LogP contribution is -2.30. The quantitative estimate of drug-likeness (QED) is 0.526. The van der Waals surface area contributed by atoms with Crippen LogP contribution >= 0.6 is 11.3 Å². The molecule has 2 N–H and O–H groups in total. The molecule has 0 fully saturated rings. The van der Waals surface area contributed by atoms with Gasteiger partial charge < -0.3 is 10.0 Å². The van der Waals surface area contributed by atoms with Crippen LogP contribution in [0.5, 0.6) is 0 Å². The highest BCUT2D eigenvalue weighted by Crippen LogP contribution is 2.37. The van der Waals surface area contributed by atoms with Crippen LogP contribution in [0.1, 0.15) is 0 Å². The summed E-state index contributed by atoms with van der Waals surface area (Å²) in [4.78, 5) is 0. The van der Waals surface area contributed by atoms with Crippen LogP contribution in [0.3, 0.4) is 0 Å². The Morgan fingerprint density at radius 1 is 0.700 bits per heavy atom. The zero-order chi connectivity index (χ0) is 13.7. The molecule has 0 spiro atoms. The van der Waals surface area contributed by atoms with Gasteiger partial charge in [-0.1, -0.05) is 42.5 Å². The van der Waals surface area contributed by atoms with Gasteiger partial charge in [0.25, 0.3) is 0 Å². The van der Waals surface area contributed by atoms with Gasteiger partial charge in [0.2, 0.25) is 0 Å². The second-order valence-corrected chi connectivity index (χ2v) is 5.94. The van der Waals surface area contributed by atoms with E-state index in [2.05, 4.69) is 18.2 Å². The second kappa shape index (κ2) is 4.31. The Morgan fingerprint density at radius 2 is 1.50 bits per heavy atom. The molecule has 0 saturated heterocycles. The Bertz CT molecular complexity index is 943. The molecule has 96 valence electrons. The average molecular weight is 278 g/mol. The van der Waals surface area contributed by atoms with Gasteiger partial charge in [0.05, 0.1) is 0 Å². The first-order chi connectivity index (χ1) is 9.75. The maximum Gasteiger partial charge on any atom is 0.489 e. The molecule has 0 atom stereocenters. The van der Waals surface area contributed by atoms with Gasteiger partial charge in [0, 0.05) is 20.2 Å². The van der Waals surface area contributed by atoms with Crippen molar-refractivity contribution in [1.82, 2.24) is 0 Å². The lowest BCUT2D eigenvalue weighted by Gasteiger charge is -2.06. The molecule has 0 aliphatic rings. The van der Waals surface area contributed by atoms with Crippen molar-refractivity contribution < 1.29 is 10.0 Å². The van der Waals surface area contributed by atoms with E-state index in [1.165, 1.54) is 20.2 Å². The minimum Gasteiger partial charge on any atom is -0.423 e. The summed E-state index contributed by atoms with van der Waals surface area (Å²) in [5.41, 5.74) is 0.555. The van der Waals surface area contributed by atoms with Gasteiger partial charge in [0.15, 0.2) is 0 Å². The first kappa shape index (κ1) is 11.9. The number of fused-ring (bicyclic) bond motifs is 5. The van der Waals surface area contributed by atoms with Gasteiger partial charge in [0.1, 0.15) is 0 Å². The molecule has 0 bridgehead atoms. The summed E-state index contributed by atoms with van der Waals surface area (Å²) in [5.74, 6) is 0. The lowest BCUT2D eigenvalue weighted by molar-refractivity contribution is 0.426. The molecule has 0 radical (unpaired) electrons. The minimum absolute atomic E-state index is 0.555. The van der Waals surface area contributed by atoms with E-state index in [0.717, 1.165) is 10.8 Å². The molecule has 4 heteroatoms. The normalized spacial score (nSPS) is 11.5. The molecule has 0 aliphatic carbocycles. The highest BCUT2D eigenvalue weighted by Gasteiger charge is 2.16. The molecule has 1 heterocycles. The van der Waals surface area contributed by atoms with Crippen molar-refractivity contribution in [2.75, 3.05) is 0 Å². The fourth-order valence-electron chi connectivity index (χ4n) is 2.83. The van der Waals surface area contributed by atoms with Crippen LogP contribution in [0, 0.1) is 0 Å². The van der Waals surface area contributed by atoms with Gasteiger partial charge in [-0.2, -0.15) is 0 Å². The standard InChI is InChI=1S/C16H11BO2S/c18-17(19)13-6-3-5-11-10(13)8-9-15-16(11)12-4-1-2-7-14(12)20-15/h1-9,18-19H. The van der Waals surface area contributed by atoms with Crippen molar-refractivity contribution in [3.63, 3.8) is 0 Å². The van der Waals surface area contributed by atoms with Gasteiger partial charge in [-0.05, 0) is 28.4 Å². The average Bonchev–Trinajstić information content (AvgIpc) is 2.85. The molecule has 20 heavy (non-hydrogen) atoms. The smallest absolute Gasteiger partial charge is 0.423 e. The topological polar surface area (TPSA) is 40.5 Å². The minimum atomic E-state index is -1.44. The molecular formula is C16H11BO2S. The third-order valence-corrected chi connectivity index (χ3v) is 4.85. The van der Waals surface area contributed by atoms with E-state index in [1.807, 2.05) is 30.3 Å². The van der Waals surface area contributed by atoms with E-state index in [0.29, 0.717) is 5.46 Å². The summed E-state index contributed by atoms with van der Waals surface area (Å²) < 4.78 is 2.48. The van der Waals surface area contributed by atoms with Gasteiger partial charge >= 0.3 is 7.12 Å². The fraction of sp³-hybridized carbons (Fsp3) is 0. The summed E-state index contributed by atoms with van der Waals surface area (Å²) in [6.07, 6.45) is 0. The van der Waals surface area contributed by atoms with E-state index < -0.39 is 7.12 Å². The van der Waals surface area contributed by atoms with E-state index in [4.69, 9.17) is 0 Å². The molecule has 4 aromatic rings. The molecule has 0 unspecified atom stereocenters. The molecular weight excluding hydrogens is 267 g/mol. The third-order valence-electron chi connectivity index (χ3n) is 3.71. The molecule has 3 aromatic carbocycles. The molecule has 4 rings (SSSR count). The SMILES string of the molecule is OB(O)c1cccc2c1ccc1sc3ccccc3c12. The number of hydrogen-bond acceptors (Lipinski definition) is 3. The third kappa shape index (κ3) is 1.59. The summed E-state index contributed by atoms with van der Waals surface area (Å²) in [6, 6.07) is 18.0. The summed E-state index contributed by atoms with van der Waals surface area (Å²) in [6.45, 7) is 0.